The van der Waals surface area contributed by atoms with Gasteiger partial charge in [-0.2, -0.15) is 5.10 Å². The topological polar surface area (TPSA) is 44.1 Å². The highest BCUT2D eigenvalue weighted by atomic mass is 35.5. The highest BCUT2D eigenvalue weighted by Crippen LogP contribution is 2.15. The van der Waals surface area contributed by atoms with Gasteiger partial charge in [0.05, 0.1) is 6.54 Å². The van der Waals surface area contributed by atoms with E-state index in [1.165, 1.54) is 0 Å². The monoisotopic (exact) mass is 250 g/mol. The first-order valence-corrected chi connectivity index (χ1v) is 5.53. The second kappa shape index (κ2) is 5.50. The number of hydrogen-bond donors (Lipinski definition) is 0. The van der Waals surface area contributed by atoms with Gasteiger partial charge in [-0.1, -0.05) is 11.6 Å². The lowest BCUT2D eigenvalue weighted by Crippen LogP contribution is -2.08. The van der Waals surface area contributed by atoms with Gasteiger partial charge in [-0.3, -0.25) is 9.48 Å². The minimum absolute atomic E-state index is 0.427. The maximum atomic E-state index is 10.4. The Morgan fingerprint density at radius 2 is 2.06 bits per heavy atom. The van der Waals surface area contributed by atoms with Crippen LogP contribution in [0.5, 0.6) is 5.75 Å². The van der Waals surface area contributed by atoms with Crippen molar-refractivity contribution in [2.75, 3.05) is 6.61 Å². The number of aldehydes is 1. The zero-order valence-electron chi connectivity index (χ0n) is 9.04. The summed E-state index contributed by atoms with van der Waals surface area (Å²) in [7, 11) is 0. The van der Waals surface area contributed by atoms with Crippen LogP contribution in [-0.4, -0.2) is 22.7 Å². The average molecular weight is 251 g/mol. The number of carbonyl (C=O) groups excluding carboxylic acids is 1. The van der Waals surface area contributed by atoms with Crippen molar-refractivity contribution in [1.29, 1.82) is 0 Å². The second-order valence-electron chi connectivity index (χ2n) is 3.42. The summed E-state index contributed by atoms with van der Waals surface area (Å²) < 4.78 is 7.17. The van der Waals surface area contributed by atoms with E-state index in [0.29, 0.717) is 23.9 Å². The molecule has 0 aliphatic rings. The van der Waals surface area contributed by atoms with Crippen LogP contribution < -0.4 is 4.74 Å². The first-order valence-electron chi connectivity index (χ1n) is 5.15. The molecule has 0 aliphatic carbocycles. The van der Waals surface area contributed by atoms with E-state index in [1.54, 1.807) is 29.1 Å². The van der Waals surface area contributed by atoms with Gasteiger partial charge in [0.2, 0.25) is 0 Å². The molecule has 0 aliphatic heterocycles. The third-order valence-corrected chi connectivity index (χ3v) is 2.44. The van der Waals surface area contributed by atoms with E-state index in [9.17, 15) is 4.79 Å². The molecule has 0 radical (unpaired) electrons. The fourth-order valence-electron chi connectivity index (χ4n) is 1.35. The molecule has 1 heterocycles. The van der Waals surface area contributed by atoms with Gasteiger partial charge in [0.1, 0.15) is 18.1 Å². The van der Waals surface area contributed by atoms with Crippen molar-refractivity contribution in [1.82, 2.24) is 9.78 Å². The number of ether oxygens (including phenoxy) is 1. The van der Waals surface area contributed by atoms with Crippen molar-refractivity contribution in [2.45, 2.75) is 6.54 Å². The molecule has 0 amide bonds. The maximum Gasteiger partial charge on any atom is 0.170 e. The summed E-state index contributed by atoms with van der Waals surface area (Å²) in [6.45, 7) is 1.08. The van der Waals surface area contributed by atoms with E-state index >= 15 is 0 Å². The molecular weight excluding hydrogens is 240 g/mol. The Hall–Kier alpha value is -1.81. The van der Waals surface area contributed by atoms with Gasteiger partial charge in [0, 0.05) is 11.2 Å². The summed E-state index contributed by atoms with van der Waals surface area (Å²) in [5.74, 6) is 0.761. The minimum Gasteiger partial charge on any atom is -0.492 e. The molecule has 0 bridgehead atoms. The zero-order valence-corrected chi connectivity index (χ0v) is 9.80. The van der Waals surface area contributed by atoms with E-state index in [-0.39, 0.29) is 0 Å². The fourth-order valence-corrected chi connectivity index (χ4v) is 1.48. The highest BCUT2D eigenvalue weighted by molar-refractivity contribution is 6.30. The van der Waals surface area contributed by atoms with Crippen LogP contribution in [0.15, 0.2) is 36.5 Å². The average Bonchev–Trinajstić information content (AvgIpc) is 2.80. The summed E-state index contributed by atoms with van der Waals surface area (Å²) in [4.78, 5) is 10.4. The minimum atomic E-state index is 0.427. The molecule has 1 aromatic carbocycles. The standard InChI is InChI=1S/C12H11ClN2O2/c13-10-1-3-12(4-2-10)17-8-7-15-6-5-11(9-16)14-15/h1-6,9H,7-8H2. The first kappa shape index (κ1) is 11.7. The van der Waals surface area contributed by atoms with E-state index in [4.69, 9.17) is 16.3 Å². The molecule has 5 heteroatoms. The third kappa shape index (κ3) is 3.32. The number of rotatable bonds is 5. The summed E-state index contributed by atoms with van der Waals surface area (Å²) in [5.41, 5.74) is 0.427. The predicted molar refractivity (Wildman–Crippen MR) is 64.6 cm³/mol. The molecule has 0 fully saturated rings. The SMILES string of the molecule is O=Cc1ccn(CCOc2ccc(Cl)cc2)n1. The Morgan fingerprint density at radius 3 is 2.71 bits per heavy atom. The molecule has 0 atom stereocenters. The normalized spacial score (nSPS) is 10.2. The van der Waals surface area contributed by atoms with Crippen LogP contribution in [0.2, 0.25) is 5.02 Å². The van der Waals surface area contributed by atoms with Crippen molar-refractivity contribution in [2.24, 2.45) is 0 Å². The summed E-state index contributed by atoms with van der Waals surface area (Å²) in [5, 5.41) is 4.70. The molecule has 0 unspecified atom stereocenters. The summed E-state index contributed by atoms with van der Waals surface area (Å²) >= 11 is 5.76. The molecule has 2 aromatic rings. The van der Waals surface area contributed by atoms with Crippen molar-refractivity contribution >= 4 is 17.9 Å². The Bertz CT molecular complexity index is 493. The van der Waals surface area contributed by atoms with Crippen LogP contribution in [0.1, 0.15) is 10.5 Å². The van der Waals surface area contributed by atoms with E-state index in [0.717, 1.165) is 12.0 Å². The molecule has 0 spiro atoms. The van der Waals surface area contributed by atoms with Crippen molar-refractivity contribution < 1.29 is 9.53 Å². The van der Waals surface area contributed by atoms with Crippen LogP contribution in [0, 0.1) is 0 Å². The van der Waals surface area contributed by atoms with Crippen LogP contribution in [0.4, 0.5) is 0 Å². The summed E-state index contributed by atoms with van der Waals surface area (Å²) in [6.07, 6.45) is 2.46. The fraction of sp³-hybridized carbons (Fsp3) is 0.167. The van der Waals surface area contributed by atoms with Crippen molar-refractivity contribution in [3.05, 3.63) is 47.2 Å². The number of aromatic nitrogens is 2. The summed E-state index contributed by atoms with van der Waals surface area (Å²) in [6, 6.07) is 8.82. The second-order valence-corrected chi connectivity index (χ2v) is 3.86. The predicted octanol–water partition coefficient (Wildman–Crippen LogP) is 2.43. The van der Waals surface area contributed by atoms with Crippen LogP contribution >= 0.6 is 11.6 Å². The van der Waals surface area contributed by atoms with Gasteiger partial charge < -0.3 is 4.74 Å². The zero-order chi connectivity index (χ0) is 12.1. The molecule has 0 N–H and O–H groups in total. The molecule has 0 saturated carbocycles. The number of carbonyl (C=O) groups is 1. The largest absolute Gasteiger partial charge is 0.492 e. The molecule has 4 nitrogen and oxygen atoms in total. The highest BCUT2D eigenvalue weighted by Gasteiger charge is 1.98. The van der Waals surface area contributed by atoms with Crippen LogP contribution in [-0.2, 0) is 6.54 Å². The van der Waals surface area contributed by atoms with E-state index in [1.807, 2.05) is 12.1 Å². The van der Waals surface area contributed by atoms with Crippen molar-refractivity contribution in [3.63, 3.8) is 0 Å². The van der Waals surface area contributed by atoms with Gasteiger partial charge in [0.25, 0.3) is 0 Å². The molecule has 0 saturated heterocycles. The Morgan fingerprint density at radius 1 is 1.29 bits per heavy atom. The Labute approximate surface area is 104 Å². The Balaban J connectivity index is 1.83. The van der Waals surface area contributed by atoms with Gasteiger partial charge in [0.15, 0.2) is 6.29 Å². The van der Waals surface area contributed by atoms with Gasteiger partial charge >= 0.3 is 0 Å². The number of nitrogens with zero attached hydrogens (tertiary/aromatic N) is 2. The van der Waals surface area contributed by atoms with E-state index < -0.39 is 0 Å². The third-order valence-electron chi connectivity index (χ3n) is 2.18. The lowest BCUT2D eigenvalue weighted by Gasteiger charge is -2.06. The molecule has 88 valence electrons. The molecular formula is C12H11ClN2O2. The quantitative estimate of drug-likeness (QED) is 0.766. The van der Waals surface area contributed by atoms with Crippen molar-refractivity contribution in [3.8, 4) is 5.75 Å². The number of halogens is 1. The first-order chi connectivity index (χ1) is 8.28. The van der Waals surface area contributed by atoms with Crippen LogP contribution in [0.3, 0.4) is 0 Å². The Kier molecular flexibility index (Phi) is 3.77. The number of benzene rings is 1. The lowest BCUT2D eigenvalue weighted by molar-refractivity contribution is 0.111. The van der Waals surface area contributed by atoms with Gasteiger partial charge in [-0.05, 0) is 30.3 Å². The van der Waals surface area contributed by atoms with E-state index in [2.05, 4.69) is 5.10 Å². The van der Waals surface area contributed by atoms with Gasteiger partial charge in [-0.25, -0.2) is 0 Å². The smallest absolute Gasteiger partial charge is 0.170 e. The molecule has 17 heavy (non-hydrogen) atoms. The maximum absolute atomic E-state index is 10.4. The number of hydrogen-bond acceptors (Lipinski definition) is 3. The lowest BCUT2D eigenvalue weighted by atomic mass is 10.3. The van der Waals surface area contributed by atoms with Gasteiger partial charge in [-0.15, -0.1) is 0 Å². The van der Waals surface area contributed by atoms with Crippen LogP contribution in [0.25, 0.3) is 0 Å². The molecule has 2 rings (SSSR count). The molecule has 1 aromatic heterocycles.